The van der Waals surface area contributed by atoms with Crippen LogP contribution >= 0.6 is 0 Å². The molecule has 0 aliphatic rings. The van der Waals surface area contributed by atoms with E-state index in [4.69, 9.17) is 0 Å². The van der Waals surface area contributed by atoms with Crippen LogP contribution < -0.4 is 0 Å². The number of ketones is 1. The van der Waals surface area contributed by atoms with Gasteiger partial charge >= 0.3 is 0 Å². The van der Waals surface area contributed by atoms with Gasteiger partial charge in [-0.15, -0.1) is 0 Å². The molecule has 0 unspecified atom stereocenters. The van der Waals surface area contributed by atoms with Crippen LogP contribution in [-0.4, -0.2) is 5.78 Å². The lowest BCUT2D eigenvalue weighted by atomic mass is 9.86. The zero-order valence-electron chi connectivity index (χ0n) is 13.1. The molecule has 2 nitrogen and oxygen atoms in total. The second kappa shape index (κ2) is 6.41. The topological polar surface area (TPSA) is 40.9 Å². The summed E-state index contributed by atoms with van der Waals surface area (Å²) in [6.07, 6.45) is 1.63. The molecule has 2 aromatic rings. The maximum atomic E-state index is 12.5. The number of hydrogen-bond donors (Lipinski definition) is 0. The molecule has 0 amide bonds. The molecule has 2 heteroatoms. The van der Waals surface area contributed by atoms with Gasteiger partial charge in [-0.1, -0.05) is 75.4 Å². The van der Waals surface area contributed by atoms with Gasteiger partial charge in [-0.3, -0.25) is 4.79 Å². The minimum Gasteiger partial charge on any atom is -0.288 e. The Morgan fingerprint density at radius 3 is 2.09 bits per heavy atom. The predicted molar refractivity (Wildman–Crippen MR) is 89.5 cm³/mol. The zero-order chi connectivity index (χ0) is 16.2. The van der Waals surface area contributed by atoms with E-state index in [1.807, 2.05) is 48.5 Å². The standard InChI is InChI=1S/C20H19NO/c1-20(2,3)18-11-9-16(10-12-18)19(22)17(14-21)13-15-7-5-4-6-8-15/h4-13H,1-3H3/b17-13+. The third kappa shape index (κ3) is 3.71. The van der Waals surface area contributed by atoms with E-state index in [0.29, 0.717) is 5.56 Å². The SMILES string of the molecule is CC(C)(C)c1ccc(C(=O)/C(C#N)=C/c2ccccc2)cc1. The van der Waals surface area contributed by atoms with Gasteiger partial charge < -0.3 is 0 Å². The summed E-state index contributed by atoms with van der Waals surface area (Å²) in [4.78, 5) is 12.5. The van der Waals surface area contributed by atoms with E-state index in [1.54, 1.807) is 18.2 Å². The maximum absolute atomic E-state index is 12.5. The number of Topliss-reactive ketones (excluding diaryl/α,β-unsaturated/α-hetero) is 1. The van der Waals surface area contributed by atoms with Crippen LogP contribution in [0.4, 0.5) is 0 Å². The third-order valence-corrected chi connectivity index (χ3v) is 3.49. The van der Waals surface area contributed by atoms with Crippen molar-refractivity contribution in [3.05, 3.63) is 76.9 Å². The van der Waals surface area contributed by atoms with Gasteiger partial charge in [-0.25, -0.2) is 0 Å². The molecule has 0 spiro atoms. The Morgan fingerprint density at radius 2 is 1.59 bits per heavy atom. The summed E-state index contributed by atoms with van der Waals surface area (Å²) >= 11 is 0. The van der Waals surface area contributed by atoms with Gasteiger partial charge in [0.15, 0.2) is 0 Å². The molecule has 0 saturated carbocycles. The second-order valence-electron chi connectivity index (χ2n) is 6.24. The summed E-state index contributed by atoms with van der Waals surface area (Å²) < 4.78 is 0. The predicted octanol–water partition coefficient (Wildman–Crippen LogP) is 4.77. The highest BCUT2D eigenvalue weighted by Gasteiger charge is 2.16. The molecule has 0 saturated heterocycles. The van der Waals surface area contributed by atoms with Gasteiger partial charge in [0.2, 0.25) is 5.78 Å². The molecule has 0 fully saturated rings. The summed E-state index contributed by atoms with van der Waals surface area (Å²) in [7, 11) is 0. The van der Waals surface area contributed by atoms with Crippen LogP contribution in [0.1, 0.15) is 42.3 Å². The molecule has 0 radical (unpaired) electrons. The Balaban J connectivity index is 2.30. The average Bonchev–Trinajstić information content (AvgIpc) is 2.52. The molecule has 0 aliphatic heterocycles. The Labute approximate surface area is 131 Å². The highest BCUT2D eigenvalue weighted by Crippen LogP contribution is 2.23. The number of nitrogens with zero attached hydrogens (tertiary/aromatic N) is 1. The monoisotopic (exact) mass is 289 g/mol. The Morgan fingerprint density at radius 1 is 1.00 bits per heavy atom. The molecular weight excluding hydrogens is 270 g/mol. The van der Waals surface area contributed by atoms with Crippen molar-refractivity contribution in [1.82, 2.24) is 0 Å². The molecule has 0 bridgehead atoms. The van der Waals surface area contributed by atoms with E-state index in [1.165, 1.54) is 0 Å². The second-order valence-corrected chi connectivity index (χ2v) is 6.24. The molecule has 0 N–H and O–H groups in total. The van der Waals surface area contributed by atoms with Crippen molar-refractivity contribution in [3.8, 4) is 6.07 Å². The van der Waals surface area contributed by atoms with Crippen molar-refractivity contribution < 1.29 is 4.79 Å². The first kappa shape index (κ1) is 15.7. The van der Waals surface area contributed by atoms with Crippen LogP contribution in [0.15, 0.2) is 60.2 Å². The van der Waals surface area contributed by atoms with Crippen LogP contribution in [0.2, 0.25) is 0 Å². The van der Waals surface area contributed by atoms with Crippen LogP contribution in [-0.2, 0) is 5.41 Å². The summed E-state index contributed by atoms with van der Waals surface area (Å²) in [6, 6.07) is 18.9. The minimum atomic E-state index is -0.244. The fourth-order valence-corrected chi connectivity index (χ4v) is 2.14. The molecule has 0 aromatic heterocycles. The first-order valence-corrected chi connectivity index (χ1v) is 7.24. The molecule has 0 heterocycles. The zero-order valence-corrected chi connectivity index (χ0v) is 13.1. The van der Waals surface area contributed by atoms with Gasteiger partial charge in [0, 0.05) is 5.56 Å². The normalized spacial score (nSPS) is 11.8. The highest BCUT2D eigenvalue weighted by molar-refractivity contribution is 6.14. The highest BCUT2D eigenvalue weighted by atomic mass is 16.1. The van der Waals surface area contributed by atoms with Crippen molar-refractivity contribution >= 4 is 11.9 Å². The fraction of sp³-hybridized carbons (Fsp3) is 0.200. The number of benzene rings is 2. The van der Waals surface area contributed by atoms with Crippen LogP contribution in [0.5, 0.6) is 0 Å². The number of carbonyl (C=O) groups excluding carboxylic acids is 1. The van der Waals surface area contributed by atoms with E-state index < -0.39 is 0 Å². The van der Waals surface area contributed by atoms with Crippen molar-refractivity contribution in [3.63, 3.8) is 0 Å². The smallest absolute Gasteiger partial charge is 0.203 e. The van der Waals surface area contributed by atoms with E-state index in [9.17, 15) is 10.1 Å². The van der Waals surface area contributed by atoms with Crippen LogP contribution in [0.3, 0.4) is 0 Å². The number of rotatable bonds is 3. The lowest BCUT2D eigenvalue weighted by Gasteiger charge is -2.18. The largest absolute Gasteiger partial charge is 0.288 e. The summed E-state index contributed by atoms with van der Waals surface area (Å²) in [5, 5.41) is 9.26. The van der Waals surface area contributed by atoms with Gasteiger partial charge in [0.1, 0.15) is 11.6 Å². The Kier molecular flexibility index (Phi) is 4.58. The first-order valence-electron chi connectivity index (χ1n) is 7.24. The third-order valence-electron chi connectivity index (χ3n) is 3.49. The van der Waals surface area contributed by atoms with Gasteiger partial charge in [-0.2, -0.15) is 5.26 Å². The van der Waals surface area contributed by atoms with E-state index in [0.717, 1.165) is 11.1 Å². The average molecular weight is 289 g/mol. The van der Waals surface area contributed by atoms with Crippen LogP contribution in [0, 0.1) is 11.3 Å². The maximum Gasteiger partial charge on any atom is 0.203 e. The molecule has 0 atom stereocenters. The number of allylic oxidation sites excluding steroid dienone is 1. The number of hydrogen-bond acceptors (Lipinski definition) is 2. The molecular formula is C20H19NO. The quantitative estimate of drug-likeness (QED) is 0.464. The van der Waals surface area contributed by atoms with Crippen LogP contribution in [0.25, 0.3) is 6.08 Å². The first-order chi connectivity index (χ1) is 10.4. The Bertz CT molecular complexity index is 726. The van der Waals surface area contributed by atoms with Crippen molar-refractivity contribution in [2.75, 3.05) is 0 Å². The van der Waals surface area contributed by atoms with E-state index >= 15 is 0 Å². The van der Waals surface area contributed by atoms with Gasteiger partial charge in [-0.05, 0) is 22.6 Å². The molecule has 0 aliphatic carbocycles. The molecule has 22 heavy (non-hydrogen) atoms. The summed E-state index contributed by atoms with van der Waals surface area (Å²) in [6.45, 7) is 6.37. The number of carbonyl (C=O) groups is 1. The molecule has 2 rings (SSSR count). The van der Waals surface area contributed by atoms with Crippen molar-refractivity contribution in [2.45, 2.75) is 26.2 Å². The lowest BCUT2D eigenvalue weighted by Crippen LogP contribution is -2.11. The summed E-state index contributed by atoms with van der Waals surface area (Å²) in [5.74, 6) is -0.244. The summed E-state index contributed by atoms with van der Waals surface area (Å²) in [5.41, 5.74) is 2.74. The van der Waals surface area contributed by atoms with E-state index in [2.05, 4.69) is 20.8 Å². The van der Waals surface area contributed by atoms with Gasteiger partial charge in [0.25, 0.3) is 0 Å². The van der Waals surface area contributed by atoms with Crippen molar-refractivity contribution in [1.29, 1.82) is 5.26 Å². The number of nitriles is 1. The Hall–Kier alpha value is -2.66. The minimum absolute atomic E-state index is 0.0412. The molecule has 110 valence electrons. The fourth-order valence-electron chi connectivity index (χ4n) is 2.14. The van der Waals surface area contributed by atoms with Crippen molar-refractivity contribution in [2.24, 2.45) is 0 Å². The van der Waals surface area contributed by atoms with Gasteiger partial charge in [0.05, 0.1) is 0 Å². The lowest BCUT2D eigenvalue weighted by molar-refractivity contribution is 0.104. The van der Waals surface area contributed by atoms with E-state index in [-0.39, 0.29) is 16.8 Å². The molecule has 2 aromatic carbocycles.